The van der Waals surface area contributed by atoms with Crippen molar-refractivity contribution in [3.63, 3.8) is 0 Å². The average molecular weight is 281 g/mol. The molecule has 0 bridgehead atoms. The highest BCUT2D eigenvalue weighted by Crippen LogP contribution is 2.30. The minimum Gasteiger partial charge on any atom is -0.216 e. The van der Waals surface area contributed by atoms with Crippen LogP contribution in [0.15, 0.2) is 24.3 Å². The summed E-state index contributed by atoms with van der Waals surface area (Å²) < 4.78 is 0. The molecule has 0 atom stereocenters. The van der Waals surface area contributed by atoms with Crippen LogP contribution in [0.1, 0.15) is 30.9 Å². The highest BCUT2D eigenvalue weighted by Gasteiger charge is 2.15. The first-order chi connectivity index (χ1) is 8.49. The van der Waals surface area contributed by atoms with Gasteiger partial charge in [-0.1, -0.05) is 66.9 Å². The summed E-state index contributed by atoms with van der Waals surface area (Å²) >= 11 is 12.4. The third kappa shape index (κ3) is 2.65. The molecule has 1 heterocycles. The molecule has 2 rings (SSSR count). The number of hydrogen-bond donors (Lipinski definition) is 0. The number of benzene rings is 1. The fourth-order valence-corrected chi connectivity index (χ4v) is 2.55. The van der Waals surface area contributed by atoms with Crippen LogP contribution in [-0.2, 0) is 0 Å². The zero-order valence-electron chi connectivity index (χ0n) is 10.5. The number of hydrogen-bond acceptors (Lipinski definition) is 2. The van der Waals surface area contributed by atoms with Gasteiger partial charge in [0.05, 0.1) is 0 Å². The summed E-state index contributed by atoms with van der Waals surface area (Å²) in [4.78, 5) is 8.65. The normalized spacial score (nSPS) is 11.0. The molecule has 0 fully saturated rings. The van der Waals surface area contributed by atoms with Crippen LogP contribution in [0.25, 0.3) is 11.4 Å². The van der Waals surface area contributed by atoms with E-state index in [-0.39, 0.29) is 5.92 Å². The van der Waals surface area contributed by atoms with E-state index < -0.39 is 0 Å². The Kier molecular flexibility index (Phi) is 3.88. The Hall–Kier alpha value is -1.12. The molecule has 0 unspecified atom stereocenters. The van der Waals surface area contributed by atoms with Gasteiger partial charge < -0.3 is 0 Å². The van der Waals surface area contributed by atoms with Crippen molar-refractivity contribution in [1.29, 1.82) is 0 Å². The smallest absolute Gasteiger partial charge is 0.162 e. The summed E-state index contributed by atoms with van der Waals surface area (Å²) in [6, 6.07) is 7.95. The maximum atomic E-state index is 6.18. The standard InChI is InChI=1S/C14H14Cl2N2/c1-8(2)11-12(15)17-14(18-13(11)16)10-6-4-9(3)5-7-10/h4-8H,1-3H3. The van der Waals surface area contributed by atoms with Gasteiger partial charge in [-0.15, -0.1) is 0 Å². The van der Waals surface area contributed by atoms with Gasteiger partial charge in [-0.2, -0.15) is 0 Å². The maximum absolute atomic E-state index is 6.18. The highest BCUT2D eigenvalue weighted by molar-refractivity contribution is 6.34. The molecule has 0 aliphatic carbocycles. The van der Waals surface area contributed by atoms with Gasteiger partial charge >= 0.3 is 0 Å². The Balaban J connectivity index is 2.51. The zero-order chi connectivity index (χ0) is 13.3. The number of halogens is 2. The van der Waals surface area contributed by atoms with E-state index in [1.54, 1.807) is 0 Å². The van der Waals surface area contributed by atoms with Crippen molar-refractivity contribution in [3.8, 4) is 11.4 Å². The Labute approximate surface area is 117 Å². The second kappa shape index (κ2) is 5.25. The SMILES string of the molecule is Cc1ccc(-c2nc(Cl)c(C(C)C)c(Cl)n2)cc1. The van der Waals surface area contributed by atoms with E-state index in [9.17, 15) is 0 Å². The summed E-state index contributed by atoms with van der Waals surface area (Å²) in [5.74, 6) is 0.770. The minimum absolute atomic E-state index is 0.206. The summed E-state index contributed by atoms with van der Waals surface area (Å²) in [5.41, 5.74) is 2.91. The number of aromatic nitrogens is 2. The molecule has 0 saturated carbocycles. The van der Waals surface area contributed by atoms with E-state index in [0.717, 1.165) is 11.1 Å². The molecule has 2 aromatic rings. The quantitative estimate of drug-likeness (QED) is 0.733. The second-order valence-corrected chi connectivity index (χ2v) is 5.28. The lowest BCUT2D eigenvalue weighted by Gasteiger charge is -2.11. The molecule has 0 N–H and O–H groups in total. The maximum Gasteiger partial charge on any atom is 0.162 e. The Morgan fingerprint density at radius 2 is 1.44 bits per heavy atom. The first-order valence-electron chi connectivity index (χ1n) is 5.79. The summed E-state index contributed by atoms with van der Waals surface area (Å²) in [6.45, 7) is 6.07. The largest absolute Gasteiger partial charge is 0.216 e. The third-order valence-electron chi connectivity index (χ3n) is 2.74. The molecule has 0 saturated heterocycles. The lowest BCUT2D eigenvalue weighted by atomic mass is 10.1. The van der Waals surface area contributed by atoms with Crippen LogP contribution in [0.3, 0.4) is 0 Å². The van der Waals surface area contributed by atoms with Crippen LogP contribution in [0.2, 0.25) is 10.3 Å². The predicted molar refractivity (Wildman–Crippen MR) is 76.3 cm³/mol. The topological polar surface area (TPSA) is 25.8 Å². The molecular formula is C14H14Cl2N2. The van der Waals surface area contributed by atoms with E-state index in [1.165, 1.54) is 5.56 Å². The third-order valence-corrected chi connectivity index (χ3v) is 3.32. The molecule has 1 aromatic carbocycles. The lowest BCUT2D eigenvalue weighted by Crippen LogP contribution is -1.99. The first-order valence-corrected chi connectivity index (χ1v) is 6.54. The van der Waals surface area contributed by atoms with Crippen molar-refractivity contribution in [2.45, 2.75) is 26.7 Å². The number of aryl methyl sites for hydroxylation is 1. The van der Waals surface area contributed by atoms with E-state index in [2.05, 4.69) is 9.97 Å². The van der Waals surface area contributed by atoms with Crippen molar-refractivity contribution in [3.05, 3.63) is 45.7 Å². The summed E-state index contributed by atoms with van der Waals surface area (Å²) in [5, 5.41) is 0.862. The fourth-order valence-electron chi connectivity index (χ4n) is 1.72. The van der Waals surface area contributed by atoms with Gasteiger partial charge in [-0.05, 0) is 12.8 Å². The Morgan fingerprint density at radius 3 is 1.89 bits per heavy atom. The molecule has 18 heavy (non-hydrogen) atoms. The van der Waals surface area contributed by atoms with Crippen LogP contribution < -0.4 is 0 Å². The predicted octanol–water partition coefficient (Wildman–Crippen LogP) is 4.88. The van der Waals surface area contributed by atoms with E-state index in [4.69, 9.17) is 23.2 Å². The Bertz CT molecular complexity index is 540. The molecule has 0 amide bonds. The molecule has 0 aliphatic heterocycles. The van der Waals surface area contributed by atoms with E-state index in [1.807, 2.05) is 45.0 Å². The van der Waals surface area contributed by atoms with Crippen molar-refractivity contribution >= 4 is 23.2 Å². The van der Waals surface area contributed by atoms with Crippen LogP contribution in [0, 0.1) is 6.92 Å². The van der Waals surface area contributed by atoms with Crippen molar-refractivity contribution in [2.75, 3.05) is 0 Å². The van der Waals surface area contributed by atoms with Crippen molar-refractivity contribution < 1.29 is 0 Å². The van der Waals surface area contributed by atoms with Gasteiger partial charge in [0.25, 0.3) is 0 Å². The summed E-state index contributed by atoms with van der Waals surface area (Å²) in [6.07, 6.45) is 0. The van der Waals surface area contributed by atoms with E-state index in [0.29, 0.717) is 16.1 Å². The van der Waals surface area contributed by atoms with Crippen molar-refractivity contribution in [2.24, 2.45) is 0 Å². The molecule has 0 spiro atoms. The first kappa shape index (κ1) is 13.3. The molecule has 0 radical (unpaired) electrons. The molecule has 94 valence electrons. The zero-order valence-corrected chi connectivity index (χ0v) is 12.0. The molecular weight excluding hydrogens is 267 g/mol. The van der Waals surface area contributed by atoms with Gasteiger partial charge in [-0.3, -0.25) is 0 Å². The number of nitrogens with zero attached hydrogens (tertiary/aromatic N) is 2. The highest BCUT2D eigenvalue weighted by atomic mass is 35.5. The summed E-state index contributed by atoms with van der Waals surface area (Å²) in [7, 11) is 0. The molecule has 4 heteroatoms. The van der Waals surface area contributed by atoms with E-state index >= 15 is 0 Å². The number of rotatable bonds is 2. The monoisotopic (exact) mass is 280 g/mol. The second-order valence-electron chi connectivity index (χ2n) is 4.56. The molecule has 1 aromatic heterocycles. The van der Waals surface area contributed by atoms with Gasteiger partial charge in [0, 0.05) is 11.1 Å². The van der Waals surface area contributed by atoms with Crippen LogP contribution >= 0.6 is 23.2 Å². The van der Waals surface area contributed by atoms with Gasteiger partial charge in [-0.25, -0.2) is 9.97 Å². The van der Waals surface area contributed by atoms with Gasteiger partial charge in [0.2, 0.25) is 0 Å². The van der Waals surface area contributed by atoms with Gasteiger partial charge in [0.1, 0.15) is 10.3 Å². The van der Waals surface area contributed by atoms with Crippen LogP contribution in [0.5, 0.6) is 0 Å². The van der Waals surface area contributed by atoms with Crippen molar-refractivity contribution in [1.82, 2.24) is 9.97 Å². The average Bonchev–Trinajstić information content (AvgIpc) is 2.28. The minimum atomic E-state index is 0.206. The van der Waals surface area contributed by atoms with Crippen LogP contribution in [0.4, 0.5) is 0 Å². The fraction of sp³-hybridized carbons (Fsp3) is 0.286. The van der Waals surface area contributed by atoms with Gasteiger partial charge in [0.15, 0.2) is 5.82 Å². The molecule has 2 nitrogen and oxygen atoms in total. The molecule has 0 aliphatic rings. The Morgan fingerprint density at radius 1 is 0.944 bits per heavy atom. The lowest BCUT2D eigenvalue weighted by molar-refractivity contribution is 0.848. The van der Waals surface area contributed by atoms with Crippen LogP contribution in [-0.4, -0.2) is 9.97 Å².